The number of para-hydroxylation sites is 1. The minimum atomic E-state index is -0.659. The van der Waals surface area contributed by atoms with Crippen molar-refractivity contribution in [2.75, 3.05) is 11.9 Å². The van der Waals surface area contributed by atoms with Gasteiger partial charge in [-0.05, 0) is 35.7 Å². The molecule has 4 rings (SSSR count). The molecule has 0 aliphatic carbocycles. The van der Waals surface area contributed by atoms with E-state index in [9.17, 15) is 9.59 Å². The number of anilines is 1. The third-order valence-electron chi connectivity index (χ3n) is 4.02. The highest BCUT2D eigenvalue weighted by molar-refractivity contribution is 7.13. The number of amides is 1. The van der Waals surface area contributed by atoms with E-state index >= 15 is 0 Å². The van der Waals surface area contributed by atoms with Crippen LogP contribution in [0.3, 0.4) is 0 Å². The van der Waals surface area contributed by atoms with Crippen LogP contribution in [0.1, 0.15) is 10.5 Å². The second kappa shape index (κ2) is 8.89. The van der Waals surface area contributed by atoms with Crippen LogP contribution in [-0.4, -0.2) is 33.2 Å². The van der Waals surface area contributed by atoms with Crippen molar-refractivity contribution in [2.24, 2.45) is 0 Å². The zero-order chi connectivity index (χ0) is 20.9. The number of hydrogen-bond acceptors (Lipinski definition) is 6. The number of nitrogens with zero attached hydrogens (tertiary/aromatic N) is 3. The maximum Gasteiger partial charge on any atom is 0.357 e. The Kier molecular flexibility index (Phi) is 5.87. The molecule has 1 amide bonds. The average molecular weight is 439 g/mol. The van der Waals surface area contributed by atoms with Crippen LogP contribution in [0.5, 0.6) is 0 Å². The third kappa shape index (κ3) is 4.56. The molecule has 0 atom stereocenters. The van der Waals surface area contributed by atoms with Gasteiger partial charge in [0, 0.05) is 12.3 Å². The molecule has 0 bridgehead atoms. The summed E-state index contributed by atoms with van der Waals surface area (Å²) in [4.78, 5) is 29.7. The lowest BCUT2D eigenvalue weighted by Crippen LogP contribution is -2.22. The van der Waals surface area contributed by atoms with Crippen LogP contribution >= 0.6 is 22.9 Å². The molecule has 0 spiro atoms. The number of thiophene rings is 1. The lowest BCUT2D eigenvalue weighted by molar-refractivity contribution is -0.119. The summed E-state index contributed by atoms with van der Waals surface area (Å²) in [6.07, 6.45) is 1.41. The van der Waals surface area contributed by atoms with Crippen molar-refractivity contribution in [3.05, 3.63) is 83.0 Å². The van der Waals surface area contributed by atoms with Gasteiger partial charge in [0.25, 0.3) is 5.91 Å². The van der Waals surface area contributed by atoms with Gasteiger partial charge in [0.1, 0.15) is 11.5 Å². The second-order valence-electron chi connectivity index (χ2n) is 6.13. The van der Waals surface area contributed by atoms with Crippen LogP contribution in [0.4, 0.5) is 5.82 Å². The van der Waals surface area contributed by atoms with Crippen LogP contribution in [0, 0.1) is 0 Å². The lowest BCUT2D eigenvalue weighted by atomic mass is 10.3. The number of carbonyl (C=O) groups is 2. The maximum absolute atomic E-state index is 12.7. The van der Waals surface area contributed by atoms with Crippen molar-refractivity contribution < 1.29 is 14.3 Å². The van der Waals surface area contributed by atoms with Crippen LogP contribution in [0.15, 0.2) is 72.2 Å². The van der Waals surface area contributed by atoms with Gasteiger partial charge >= 0.3 is 5.97 Å². The zero-order valence-electron chi connectivity index (χ0n) is 15.5. The van der Waals surface area contributed by atoms with Crippen LogP contribution < -0.4 is 5.32 Å². The molecule has 0 aliphatic rings. The van der Waals surface area contributed by atoms with E-state index in [0.717, 1.165) is 4.88 Å². The van der Waals surface area contributed by atoms with Gasteiger partial charge in [0.05, 0.1) is 15.6 Å². The van der Waals surface area contributed by atoms with E-state index in [0.29, 0.717) is 22.2 Å². The number of pyridine rings is 1. The minimum absolute atomic E-state index is 0.224. The number of aromatic nitrogens is 3. The van der Waals surface area contributed by atoms with E-state index in [4.69, 9.17) is 16.3 Å². The zero-order valence-corrected chi connectivity index (χ0v) is 17.1. The molecular weight excluding hydrogens is 424 g/mol. The van der Waals surface area contributed by atoms with Gasteiger partial charge in [-0.25, -0.2) is 14.5 Å². The molecule has 4 aromatic rings. The van der Waals surface area contributed by atoms with E-state index in [1.807, 2.05) is 47.8 Å². The molecule has 1 N–H and O–H groups in total. The van der Waals surface area contributed by atoms with Gasteiger partial charge in [0.15, 0.2) is 12.3 Å². The number of nitrogens with one attached hydrogen (secondary N) is 1. The summed E-state index contributed by atoms with van der Waals surface area (Å²) in [5.74, 6) is -0.856. The minimum Gasteiger partial charge on any atom is -0.451 e. The Labute approximate surface area is 180 Å². The number of carbonyl (C=O) groups excluding carboxylic acids is 2. The summed E-state index contributed by atoms with van der Waals surface area (Å²) in [7, 11) is 0. The normalized spacial score (nSPS) is 10.6. The smallest absolute Gasteiger partial charge is 0.357 e. The number of halogens is 1. The fraction of sp³-hybridized carbons (Fsp3) is 0.0476. The molecule has 30 heavy (non-hydrogen) atoms. The van der Waals surface area contributed by atoms with Crippen molar-refractivity contribution in [1.82, 2.24) is 14.8 Å². The fourth-order valence-corrected chi connectivity index (χ4v) is 3.46. The first kappa shape index (κ1) is 19.8. The highest BCUT2D eigenvalue weighted by atomic mass is 35.5. The Morgan fingerprint density at radius 2 is 1.93 bits per heavy atom. The maximum atomic E-state index is 12.7. The Hall–Kier alpha value is -3.49. The van der Waals surface area contributed by atoms with Gasteiger partial charge < -0.3 is 10.1 Å². The van der Waals surface area contributed by atoms with E-state index in [1.54, 1.807) is 18.2 Å². The summed E-state index contributed by atoms with van der Waals surface area (Å²) in [5.41, 5.74) is 1.58. The van der Waals surface area contributed by atoms with Gasteiger partial charge in [-0.3, -0.25) is 4.79 Å². The van der Waals surface area contributed by atoms with Crippen LogP contribution in [0.25, 0.3) is 16.3 Å². The first-order valence-corrected chi connectivity index (χ1v) is 10.1. The number of rotatable bonds is 6. The number of esters is 1. The van der Waals surface area contributed by atoms with E-state index in [1.165, 1.54) is 22.2 Å². The van der Waals surface area contributed by atoms with Gasteiger partial charge in [0.2, 0.25) is 0 Å². The number of ether oxygens (including phenoxy) is 1. The molecule has 1 aromatic carbocycles. The van der Waals surface area contributed by atoms with E-state index in [-0.39, 0.29) is 5.69 Å². The lowest BCUT2D eigenvalue weighted by Gasteiger charge is -2.08. The number of benzene rings is 1. The molecule has 150 valence electrons. The van der Waals surface area contributed by atoms with E-state index < -0.39 is 18.5 Å². The fourth-order valence-electron chi connectivity index (χ4n) is 2.67. The SMILES string of the molecule is O=C(COC(=O)c1cc(-c2cccs2)nn1-c1ccccc1)Nc1ccc(Cl)cn1. The molecule has 0 aliphatic heterocycles. The topological polar surface area (TPSA) is 86.1 Å². The van der Waals surface area contributed by atoms with Crippen molar-refractivity contribution in [3.8, 4) is 16.3 Å². The van der Waals surface area contributed by atoms with Crippen molar-refractivity contribution in [3.63, 3.8) is 0 Å². The molecular formula is C21H15ClN4O3S. The largest absolute Gasteiger partial charge is 0.451 e. The van der Waals surface area contributed by atoms with Gasteiger partial charge in [-0.15, -0.1) is 11.3 Å². The Morgan fingerprint density at radius 3 is 2.63 bits per heavy atom. The Bertz CT molecular complexity index is 1160. The summed E-state index contributed by atoms with van der Waals surface area (Å²) in [5, 5.41) is 9.48. The molecule has 0 unspecified atom stereocenters. The molecule has 0 fully saturated rings. The molecule has 3 heterocycles. The van der Waals surface area contributed by atoms with Gasteiger partial charge in [-0.2, -0.15) is 5.10 Å². The molecule has 9 heteroatoms. The average Bonchev–Trinajstić information content (AvgIpc) is 3.44. The first-order valence-electron chi connectivity index (χ1n) is 8.88. The third-order valence-corrected chi connectivity index (χ3v) is 5.14. The standard InChI is InChI=1S/C21H15ClN4O3S/c22-14-8-9-19(23-12-14)24-20(27)13-29-21(28)17-11-16(18-7-4-10-30-18)25-26(17)15-5-2-1-3-6-15/h1-12H,13H2,(H,23,24,27). The summed E-state index contributed by atoms with van der Waals surface area (Å²) in [6, 6.07) is 17.9. The van der Waals surface area contributed by atoms with Crippen molar-refractivity contribution in [1.29, 1.82) is 0 Å². The number of hydrogen-bond donors (Lipinski definition) is 1. The second-order valence-corrected chi connectivity index (χ2v) is 7.51. The predicted octanol–water partition coefficient (Wildman–Crippen LogP) is 4.44. The quantitative estimate of drug-likeness (QED) is 0.449. The van der Waals surface area contributed by atoms with Crippen molar-refractivity contribution in [2.45, 2.75) is 0 Å². The Balaban J connectivity index is 1.51. The van der Waals surface area contributed by atoms with Gasteiger partial charge in [-0.1, -0.05) is 35.9 Å². The summed E-state index contributed by atoms with van der Waals surface area (Å²) < 4.78 is 6.73. The monoisotopic (exact) mass is 438 g/mol. The summed E-state index contributed by atoms with van der Waals surface area (Å²) >= 11 is 7.29. The Morgan fingerprint density at radius 1 is 1.10 bits per heavy atom. The van der Waals surface area contributed by atoms with Crippen LogP contribution in [0.2, 0.25) is 5.02 Å². The molecule has 0 saturated heterocycles. The highest BCUT2D eigenvalue weighted by Gasteiger charge is 2.20. The molecule has 7 nitrogen and oxygen atoms in total. The molecule has 0 radical (unpaired) electrons. The summed E-state index contributed by atoms with van der Waals surface area (Å²) in [6.45, 7) is -0.461. The highest BCUT2D eigenvalue weighted by Crippen LogP contribution is 2.26. The first-order chi connectivity index (χ1) is 14.6. The molecule has 3 aromatic heterocycles. The predicted molar refractivity (Wildman–Crippen MR) is 115 cm³/mol. The van der Waals surface area contributed by atoms with Crippen molar-refractivity contribution >= 4 is 40.6 Å². The molecule has 0 saturated carbocycles. The van der Waals surface area contributed by atoms with E-state index in [2.05, 4.69) is 15.4 Å². The van der Waals surface area contributed by atoms with Crippen LogP contribution in [-0.2, 0) is 9.53 Å².